The number of cyclic esters (lactones) is 1. The van der Waals surface area contributed by atoms with E-state index >= 15 is 0 Å². The normalized spacial score (nSPS) is 26.5. The Morgan fingerprint density at radius 3 is 2.09 bits per heavy atom. The minimum absolute atomic E-state index is 0.00966. The van der Waals surface area contributed by atoms with Crippen LogP contribution in [0, 0.1) is 41.4 Å². The molecule has 1 aromatic carbocycles. The van der Waals surface area contributed by atoms with Crippen LogP contribution in [0.3, 0.4) is 0 Å². The fourth-order valence-electron chi connectivity index (χ4n) is 10.8. The van der Waals surface area contributed by atoms with Crippen molar-refractivity contribution in [3.05, 3.63) is 84.1 Å². The second-order valence-electron chi connectivity index (χ2n) is 28.0. The van der Waals surface area contributed by atoms with E-state index in [1.54, 1.807) is 47.8 Å². The molecule has 498 valence electrons. The molecule has 1 aliphatic rings. The smallest absolute Gasteiger partial charge is 0.331 e. The number of rotatable bonds is 26. The zero-order valence-electron chi connectivity index (χ0n) is 58.4. The number of amides is 1. The van der Waals surface area contributed by atoms with Gasteiger partial charge in [0, 0.05) is 70.6 Å². The molecule has 17 heteroatoms. The summed E-state index contributed by atoms with van der Waals surface area (Å²) in [6.45, 7) is 41.2. The Kier molecular flexibility index (Phi) is 34.6. The molecule has 0 unspecified atom stereocenters. The first kappa shape index (κ1) is 79.2. The van der Waals surface area contributed by atoms with Gasteiger partial charge in [0.1, 0.15) is 19.0 Å². The Morgan fingerprint density at radius 1 is 0.851 bits per heavy atom. The lowest BCUT2D eigenvalue weighted by atomic mass is 9.82. The number of ether oxygens (including phenoxy) is 8. The van der Waals surface area contributed by atoms with Crippen LogP contribution in [0.15, 0.2) is 78.6 Å². The lowest BCUT2D eigenvalue weighted by Crippen LogP contribution is -2.49. The molecule has 15 atom stereocenters. The SMILES string of the molecule is COc1ccc(COCO[C@H](CC[C@H](C)[C@H](O[Si](C)(C)C(C)(C)C)[C@H](C)[C@@H]2C/C=C/[C@H](OC)C[C@H](C)C/C=C(\C)[C@@H](OC)CC[C@@H](C)[C@@H](O[Si](C)(C)C(C)(C)C)[C@H](C)[C@H](O)C/C=C/C=C/C(=O)O2)[C@H](C)[C@H](OC(C)=O)[C@H](C)/C=C/N(C)C=O)cc1OC. The number of methoxy groups -OCH3 is 4. The molecule has 1 aliphatic heterocycles. The Hall–Kier alpha value is -3.92. The fraction of sp³-hybridized carbons (Fsp3) is 0.729. The molecule has 0 saturated heterocycles. The zero-order chi connectivity index (χ0) is 66.0. The number of allylic oxidation sites excluding steroid dienone is 3. The van der Waals surface area contributed by atoms with Crippen LogP contribution in [0.1, 0.15) is 161 Å². The van der Waals surface area contributed by atoms with Gasteiger partial charge in [-0.1, -0.05) is 139 Å². The van der Waals surface area contributed by atoms with Crippen molar-refractivity contribution in [2.24, 2.45) is 41.4 Å². The van der Waals surface area contributed by atoms with Gasteiger partial charge in [0.15, 0.2) is 28.1 Å². The van der Waals surface area contributed by atoms with Crippen molar-refractivity contribution in [1.82, 2.24) is 4.90 Å². The van der Waals surface area contributed by atoms with Crippen LogP contribution in [-0.2, 0) is 58.3 Å². The average Bonchev–Trinajstić information content (AvgIpc) is 3.18. The van der Waals surface area contributed by atoms with Crippen LogP contribution in [0.4, 0.5) is 0 Å². The topological polar surface area (TPSA) is 167 Å². The van der Waals surface area contributed by atoms with E-state index in [1.807, 2.05) is 50.3 Å². The Morgan fingerprint density at radius 2 is 1.51 bits per heavy atom. The summed E-state index contributed by atoms with van der Waals surface area (Å²) in [5.74, 6) is -0.401. The highest BCUT2D eigenvalue weighted by Crippen LogP contribution is 2.43. The van der Waals surface area contributed by atoms with Gasteiger partial charge in [0.25, 0.3) is 0 Å². The molecule has 1 amide bonds. The van der Waals surface area contributed by atoms with E-state index in [0.717, 1.165) is 31.2 Å². The Balaban J connectivity index is 2.73. The number of aliphatic hydroxyl groups is 1. The van der Waals surface area contributed by atoms with Gasteiger partial charge in [-0.3, -0.25) is 9.59 Å². The molecule has 0 bridgehead atoms. The van der Waals surface area contributed by atoms with Crippen molar-refractivity contribution in [3.63, 3.8) is 0 Å². The number of nitrogens with zero attached hydrogens (tertiary/aromatic N) is 1. The van der Waals surface area contributed by atoms with Crippen molar-refractivity contribution < 1.29 is 66.2 Å². The van der Waals surface area contributed by atoms with Crippen LogP contribution >= 0.6 is 0 Å². The van der Waals surface area contributed by atoms with Crippen molar-refractivity contribution >= 4 is 35.0 Å². The lowest BCUT2D eigenvalue weighted by molar-refractivity contribution is -0.162. The zero-order valence-corrected chi connectivity index (χ0v) is 60.4. The van der Waals surface area contributed by atoms with Crippen molar-refractivity contribution in [1.29, 1.82) is 0 Å². The largest absolute Gasteiger partial charge is 0.493 e. The number of hydrogen-bond donors (Lipinski definition) is 1. The molecular weight excluding hydrogens is 1130 g/mol. The predicted octanol–water partition coefficient (Wildman–Crippen LogP) is 15.4. The molecule has 2 rings (SSSR count). The van der Waals surface area contributed by atoms with Gasteiger partial charge in [-0.15, -0.1) is 0 Å². The van der Waals surface area contributed by atoms with E-state index in [9.17, 15) is 19.5 Å². The standard InChI is InChI=1S/C70H121NO14Si2/c1-48-33-34-49(2)60(77-18)38-35-50(3)67(84-86(21,22)69(10,11)12)53(6)59(74)30-26-25-27-32-65(75)83-62(31-28-29-58(43-48)76-17)55(8)68(85-87(23,24)70(13,14)15)51(4)36-39-61(54(7)66(82-56(9)73)52(5)41-42-71(16)46-72)81-47-80-45-57-37-40-63(78-19)64(44-57)79-20/h25-29,32,34,37,40-42,44,46,48,50-55,58-62,66-68,74H,30-31,33,35-36,38-39,43,45,47H2,1-24H3/b26-25+,29-28+,32-27+,42-41+,49-34+/t48-,50-,51+,52-,53-,54+,55-,58+,59-,60+,61-,62+,66-,67-,68+/m1/s1. The maximum atomic E-state index is 14.1. The number of benzene rings is 1. The summed E-state index contributed by atoms with van der Waals surface area (Å²) < 4.78 is 63.4. The monoisotopic (exact) mass is 1260 g/mol. The van der Waals surface area contributed by atoms with E-state index in [0.29, 0.717) is 49.5 Å². The highest BCUT2D eigenvalue weighted by molar-refractivity contribution is 6.74. The highest BCUT2D eigenvalue weighted by atomic mass is 28.4. The number of carbonyl (C=O) groups is 3. The third-order valence-electron chi connectivity index (χ3n) is 18.8. The summed E-state index contributed by atoms with van der Waals surface area (Å²) in [6, 6.07) is 5.61. The number of hydrogen-bond acceptors (Lipinski definition) is 14. The summed E-state index contributed by atoms with van der Waals surface area (Å²) in [5, 5.41) is 11.7. The van der Waals surface area contributed by atoms with Crippen LogP contribution in [-0.4, -0.2) is 136 Å². The summed E-state index contributed by atoms with van der Waals surface area (Å²) in [4.78, 5) is 39.9. The lowest BCUT2D eigenvalue weighted by Gasteiger charge is -2.44. The van der Waals surface area contributed by atoms with Gasteiger partial charge < -0.3 is 56.8 Å². The summed E-state index contributed by atoms with van der Waals surface area (Å²) >= 11 is 0. The predicted molar refractivity (Wildman–Crippen MR) is 356 cm³/mol. The molecule has 0 saturated carbocycles. The molecule has 1 N–H and O–H groups in total. The first-order valence-corrected chi connectivity index (χ1v) is 37.8. The average molecular weight is 1260 g/mol. The van der Waals surface area contributed by atoms with Gasteiger partial charge in [0.2, 0.25) is 6.41 Å². The first-order valence-electron chi connectivity index (χ1n) is 32.0. The van der Waals surface area contributed by atoms with E-state index < -0.39 is 53.0 Å². The molecule has 87 heavy (non-hydrogen) atoms. The van der Waals surface area contributed by atoms with E-state index in [2.05, 4.69) is 128 Å². The Labute approximate surface area is 530 Å². The van der Waals surface area contributed by atoms with Gasteiger partial charge in [-0.25, -0.2) is 4.79 Å². The van der Waals surface area contributed by atoms with Crippen LogP contribution < -0.4 is 9.47 Å². The maximum Gasteiger partial charge on any atom is 0.331 e. The van der Waals surface area contributed by atoms with Crippen LogP contribution in [0.2, 0.25) is 36.3 Å². The van der Waals surface area contributed by atoms with E-state index in [-0.39, 0.29) is 83.4 Å². The molecule has 15 nitrogen and oxygen atoms in total. The molecule has 0 aliphatic carbocycles. The van der Waals surface area contributed by atoms with Crippen LogP contribution in [0.25, 0.3) is 0 Å². The van der Waals surface area contributed by atoms with Crippen LogP contribution in [0.5, 0.6) is 11.5 Å². The first-order chi connectivity index (χ1) is 40.6. The fourth-order valence-corrected chi connectivity index (χ4v) is 13.7. The van der Waals surface area contributed by atoms with E-state index in [1.165, 1.54) is 23.5 Å². The molecular formula is C70H121NO14Si2. The third-order valence-corrected chi connectivity index (χ3v) is 27.8. The second kappa shape index (κ2) is 38.1. The minimum atomic E-state index is -2.48. The van der Waals surface area contributed by atoms with Gasteiger partial charge in [0.05, 0.1) is 57.5 Å². The van der Waals surface area contributed by atoms with Crippen molar-refractivity contribution in [2.45, 2.75) is 247 Å². The summed E-state index contributed by atoms with van der Waals surface area (Å²) in [6.07, 6.45) is 19.8. The molecule has 1 aromatic rings. The third kappa shape index (κ3) is 26.8. The quantitative estimate of drug-likeness (QED) is 0.0232. The molecule has 0 fully saturated rings. The highest BCUT2D eigenvalue weighted by Gasteiger charge is 2.45. The number of carbonyl (C=O) groups excluding carboxylic acids is 3. The van der Waals surface area contributed by atoms with E-state index in [4.69, 9.17) is 46.7 Å². The van der Waals surface area contributed by atoms with Crippen molar-refractivity contribution in [3.8, 4) is 11.5 Å². The van der Waals surface area contributed by atoms with Gasteiger partial charge >= 0.3 is 11.9 Å². The van der Waals surface area contributed by atoms with Gasteiger partial charge in [-0.2, -0.15) is 0 Å². The molecule has 0 spiro atoms. The second-order valence-corrected chi connectivity index (χ2v) is 37.5. The molecule has 0 radical (unpaired) electrons. The number of aliphatic hydroxyl groups excluding tert-OH is 1. The van der Waals surface area contributed by atoms with Gasteiger partial charge in [-0.05, 0) is 129 Å². The summed E-state index contributed by atoms with van der Waals surface area (Å²) in [7, 11) is 3.67. The molecule has 0 aromatic heterocycles. The molecule has 1 heterocycles. The minimum Gasteiger partial charge on any atom is -0.493 e. The van der Waals surface area contributed by atoms with Crippen molar-refractivity contribution in [2.75, 3.05) is 42.3 Å². The summed E-state index contributed by atoms with van der Waals surface area (Å²) in [5.41, 5.74) is 2.07. The maximum absolute atomic E-state index is 14.1. The number of esters is 2. The Bertz CT molecular complexity index is 2340.